The van der Waals surface area contributed by atoms with E-state index in [0.717, 1.165) is 31.3 Å². The third-order valence-corrected chi connectivity index (χ3v) is 5.39. The summed E-state index contributed by atoms with van der Waals surface area (Å²) < 4.78 is 10.5. The molecule has 1 N–H and O–H groups in total. The zero-order chi connectivity index (χ0) is 21.5. The molecule has 1 aromatic heterocycles. The van der Waals surface area contributed by atoms with Gasteiger partial charge in [0.1, 0.15) is 5.75 Å². The van der Waals surface area contributed by atoms with Gasteiger partial charge in [-0.15, -0.1) is 0 Å². The molecule has 0 bridgehead atoms. The van der Waals surface area contributed by atoms with Crippen LogP contribution in [0, 0.1) is 0 Å². The van der Waals surface area contributed by atoms with E-state index < -0.39 is 0 Å². The van der Waals surface area contributed by atoms with Gasteiger partial charge in [0.05, 0.1) is 19.4 Å². The number of furan rings is 1. The van der Waals surface area contributed by atoms with Gasteiger partial charge in [-0.25, -0.2) is 0 Å². The summed E-state index contributed by atoms with van der Waals surface area (Å²) in [5.74, 6) is 2.02. The van der Waals surface area contributed by atoms with Crippen LogP contribution in [0.5, 0.6) is 5.75 Å². The number of likely N-dealkylation sites (N-methyl/N-ethyl adjacent to an activating group) is 1. The second-order valence-corrected chi connectivity index (χ2v) is 7.44. The lowest BCUT2D eigenvalue weighted by molar-refractivity contribution is 0.0657. The average molecular weight is 414 g/mol. The lowest BCUT2D eigenvalue weighted by Gasteiger charge is -2.37. The Morgan fingerprint density at radius 3 is 2.37 bits per heavy atom. The van der Waals surface area contributed by atoms with Crippen molar-refractivity contribution in [1.29, 1.82) is 0 Å². The van der Waals surface area contributed by atoms with E-state index in [-0.39, 0.29) is 11.9 Å². The van der Waals surface area contributed by atoms with Gasteiger partial charge in [0, 0.05) is 39.8 Å². The molecule has 30 heavy (non-hydrogen) atoms. The van der Waals surface area contributed by atoms with Crippen molar-refractivity contribution in [3.8, 4) is 5.75 Å². The molecular formula is C22H31N5O3. The maximum Gasteiger partial charge on any atom is 0.289 e. The number of hydrogen-bond donors (Lipinski definition) is 1. The summed E-state index contributed by atoms with van der Waals surface area (Å²) >= 11 is 0. The zero-order valence-electron chi connectivity index (χ0n) is 18.2. The summed E-state index contributed by atoms with van der Waals surface area (Å²) in [6, 6.07) is 11.8. The molecule has 2 heterocycles. The Kier molecular flexibility index (Phi) is 7.35. The van der Waals surface area contributed by atoms with Crippen LogP contribution in [-0.4, -0.2) is 87.5 Å². The minimum atomic E-state index is -0.0604. The van der Waals surface area contributed by atoms with Crippen LogP contribution in [0.2, 0.25) is 0 Å². The summed E-state index contributed by atoms with van der Waals surface area (Å²) in [6.07, 6.45) is 1.53. The number of nitrogens with zero attached hydrogens (tertiary/aromatic N) is 4. The minimum absolute atomic E-state index is 0.0604. The number of guanidine groups is 1. The Labute approximate surface area is 178 Å². The summed E-state index contributed by atoms with van der Waals surface area (Å²) in [7, 11) is 7.60. The van der Waals surface area contributed by atoms with Gasteiger partial charge in [0.15, 0.2) is 11.7 Å². The number of methoxy groups -OCH3 is 1. The van der Waals surface area contributed by atoms with E-state index in [2.05, 4.69) is 46.3 Å². The number of carbonyl (C=O) groups excluding carboxylic acids is 1. The SMILES string of the molecule is CN=C(NCC(c1ccc(OC)cc1)N(C)C)N1CCN(C(=O)c2ccco2)CC1. The molecule has 8 nitrogen and oxygen atoms in total. The van der Waals surface area contributed by atoms with Gasteiger partial charge >= 0.3 is 0 Å². The number of ether oxygens (including phenoxy) is 1. The van der Waals surface area contributed by atoms with E-state index in [1.807, 2.05) is 17.0 Å². The molecule has 1 aromatic carbocycles. The monoisotopic (exact) mass is 413 g/mol. The van der Waals surface area contributed by atoms with Gasteiger partial charge in [-0.2, -0.15) is 0 Å². The van der Waals surface area contributed by atoms with Crippen LogP contribution in [0.15, 0.2) is 52.1 Å². The number of amides is 1. The van der Waals surface area contributed by atoms with E-state index in [4.69, 9.17) is 9.15 Å². The first kappa shape index (κ1) is 21.7. The number of aliphatic imine (C=N–C) groups is 1. The second-order valence-electron chi connectivity index (χ2n) is 7.44. The first-order valence-electron chi connectivity index (χ1n) is 10.1. The molecule has 1 fully saturated rings. The first-order valence-corrected chi connectivity index (χ1v) is 10.1. The molecular weight excluding hydrogens is 382 g/mol. The van der Waals surface area contributed by atoms with Crippen LogP contribution in [0.4, 0.5) is 0 Å². The van der Waals surface area contributed by atoms with E-state index >= 15 is 0 Å². The van der Waals surface area contributed by atoms with Gasteiger partial charge in [0.2, 0.25) is 0 Å². The van der Waals surface area contributed by atoms with Crippen LogP contribution in [0.3, 0.4) is 0 Å². The smallest absolute Gasteiger partial charge is 0.289 e. The summed E-state index contributed by atoms with van der Waals surface area (Å²) in [4.78, 5) is 23.1. The number of hydrogen-bond acceptors (Lipinski definition) is 5. The van der Waals surface area contributed by atoms with Crippen molar-refractivity contribution in [3.63, 3.8) is 0 Å². The largest absolute Gasteiger partial charge is 0.497 e. The highest BCUT2D eigenvalue weighted by Crippen LogP contribution is 2.21. The van der Waals surface area contributed by atoms with Crippen molar-refractivity contribution in [2.75, 3.05) is 61.0 Å². The Balaban J connectivity index is 1.56. The maximum atomic E-state index is 12.5. The Hall–Kier alpha value is -3.00. The van der Waals surface area contributed by atoms with Crippen molar-refractivity contribution in [3.05, 3.63) is 54.0 Å². The van der Waals surface area contributed by atoms with E-state index in [1.54, 1.807) is 26.3 Å². The highest BCUT2D eigenvalue weighted by molar-refractivity contribution is 5.91. The molecule has 1 saturated heterocycles. The minimum Gasteiger partial charge on any atom is -0.497 e. The van der Waals surface area contributed by atoms with Crippen molar-refractivity contribution >= 4 is 11.9 Å². The molecule has 2 aromatic rings. The third kappa shape index (κ3) is 5.13. The van der Waals surface area contributed by atoms with E-state index in [9.17, 15) is 4.79 Å². The fourth-order valence-corrected chi connectivity index (χ4v) is 3.62. The summed E-state index contributed by atoms with van der Waals surface area (Å²) in [6.45, 7) is 3.44. The number of rotatable bonds is 6. The van der Waals surface area contributed by atoms with Crippen molar-refractivity contribution in [1.82, 2.24) is 20.0 Å². The van der Waals surface area contributed by atoms with Gasteiger partial charge in [-0.05, 0) is 43.9 Å². The molecule has 1 atom stereocenters. The third-order valence-electron chi connectivity index (χ3n) is 5.39. The maximum absolute atomic E-state index is 12.5. The van der Waals surface area contributed by atoms with Crippen LogP contribution in [-0.2, 0) is 0 Å². The van der Waals surface area contributed by atoms with Crippen molar-refractivity contribution in [2.24, 2.45) is 4.99 Å². The van der Waals surface area contributed by atoms with Crippen molar-refractivity contribution < 1.29 is 13.9 Å². The van der Waals surface area contributed by atoms with Gasteiger partial charge in [-0.1, -0.05) is 12.1 Å². The Bertz CT molecular complexity index is 825. The quantitative estimate of drug-likeness (QED) is 0.576. The van der Waals surface area contributed by atoms with E-state index in [0.29, 0.717) is 18.8 Å². The molecule has 0 spiro atoms. The molecule has 0 saturated carbocycles. The number of benzene rings is 1. The van der Waals surface area contributed by atoms with Crippen LogP contribution in [0.1, 0.15) is 22.2 Å². The number of piperazine rings is 1. The van der Waals surface area contributed by atoms with Gasteiger partial charge < -0.3 is 29.2 Å². The topological polar surface area (TPSA) is 73.6 Å². The van der Waals surface area contributed by atoms with E-state index in [1.165, 1.54) is 11.8 Å². The molecule has 1 amide bonds. The molecule has 0 radical (unpaired) electrons. The van der Waals surface area contributed by atoms with Crippen LogP contribution in [0.25, 0.3) is 0 Å². The molecule has 8 heteroatoms. The zero-order valence-corrected chi connectivity index (χ0v) is 18.2. The predicted octanol–water partition coefficient (Wildman–Crippen LogP) is 1.92. The molecule has 3 rings (SSSR count). The first-order chi connectivity index (χ1) is 14.5. The Morgan fingerprint density at radius 1 is 1.17 bits per heavy atom. The summed E-state index contributed by atoms with van der Waals surface area (Å²) in [5, 5.41) is 3.50. The lowest BCUT2D eigenvalue weighted by atomic mass is 10.1. The molecule has 0 aliphatic carbocycles. The number of carbonyl (C=O) groups is 1. The predicted molar refractivity (Wildman–Crippen MR) is 117 cm³/mol. The lowest BCUT2D eigenvalue weighted by Crippen LogP contribution is -2.54. The highest BCUT2D eigenvalue weighted by atomic mass is 16.5. The average Bonchev–Trinajstić information content (AvgIpc) is 3.31. The Morgan fingerprint density at radius 2 is 1.83 bits per heavy atom. The normalized spacial score (nSPS) is 16.0. The molecule has 1 aliphatic heterocycles. The van der Waals surface area contributed by atoms with Gasteiger partial charge in [-0.3, -0.25) is 9.79 Å². The van der Waals surface area contributed by atoms with Crippen LogP contribution >= 0.6 is 0 Å². The highest BCUT2D eigenvalue weighted by Gasteiger charge is 2.25. The number of nitrogens with one attached hydrogen (secondary N) is 1. The molecule has 162 valence electrons. The summed E-state index contributed by atoms with van der Waals surface area (Å²) in [5.41, 5.74) is 1.21. The second kappa shape index (κ2) is 10.2. The fourth-order valence-electron chi connectivity index (χ4n) is 3.62. The van der Waals surface area contributed by atoms with Gasteiger partial charge in [0.25, 0.3) is 5.91 Å². The molecule has 1 aliphatic rings. The van der Waals surface area contributed by atoms with Crippen LogP contribution < -0.4 is 10.1 Å². The molecule has 1 unspecified atom stereocenters. The standard InChI is InChI=1S/C22H31N5O3/c1-23-22(24-16-19(25(2)3)17-7-9-18(29-4)10-8-17)27-13-11-26(12-14-27)21(28)20-6-5-15-30-20/h5-10,15,19H,11-14,16H2,1-4H3,(H,23,24). The fraction of sp³-hybridized carbons (Fsp3) is 0.455. The van der Waals surface area contributed by atoms with Crippen molar-refractivity contribution in [2.45, 2.75) is 6.04 Å².